The molecule has 0 spiro atoms. The lowest BCUT2D eigenvalue weighted by Crippen LogP contribution is -2.38. The van der Waals surface area contributed by atoms with Gasteiger partial charge in [-0.15, -0.1) is 0 Å². The number of nitrogens with one attached hydrogen (secondary N) is 1. The topological polar surface area (TPSA) is 73.9 Å². The minimum Gasteiger partial charge on any atom is -0.490 e. The first kappa shape index (κ1) is 20.0. The second-order valence-corrected chi connectivity index (χ2v) is 5.94. The average molecular weight is 337 g/mol. The van der Waals surface area contributed by atoms with Crippen molar-refractivity contribution >= 4 is 17.6 Å². The molecule has 1 aromatic rings. The molecule has 1 rings (SSSR count). The lowest BCUT2D eigenvalue weighted by Gasteiger charge is -2.22. The van der Waals surface area contributed by atoms with E-state index in [0.29, 0.717) is 11.4 Å². The van der Waals surface area contributed by atoms with E-state index >= 15 is 0 Å². The van der Waals surface area contributed by atoms with Crippen molar-refractivity contribution < 1.29 is 23.8 Å². The van der Waals surface area contributed by atoms with E-state index in [4.69, 9.17) is 14.2 Å². The maximum absolute atomic E-state index is 12.2. The number of carbonyl (C=O) groups excluding carboxylic acids is 2. The van der Waals surface area contributed by atoms with Gasteiger partial charge in [-0.3, -0.25) is 4.79 Å². The highest BCUT2D eigenvalue weighted by molar-refractivity contribution is 5.99. The van der Waals surface area contributed by atoms with Crippen LogP contribution >= 0.6 is 0 Å². The maximum Gasteiger partial charge on any atom is 0.341 e. The summed E-state index contributed by atoms with van der Waals surface area (Å²) in [6.07, 6.45) is 0.772. The van der Waals surface area contributed by atoms with Crippen molar-refractivity contribution in [2.24, 2.45) is 0 Å². The van der Waals surface area contributed by atoms with Gasteiger partial charge >= 0.3 is 5.97 Å². The van der Waals surface area contributed by atoms with Gasteiger partial charge in [0.2, 0.25) is 0 Å². The number of hydrogen-bond acceptors (Lipinski definition) is 5. The van der Waals surface area contributed by atoms with Crippen LogP contribution in [0, 0.1) is 0 Å². The molecule has 0 unspecified atom stereocenters. The van der Waals surface area contributed by atoms with Crippen molar-refractivity contribution in [3.05, 3.63) is 23.8 Å². The molecule has 1 amide bonds. The molecule has 0 heterocycles. The van der Waals surface area contributed by atoms with E-state index in [1.165, 1.54) is 7.11 Å². The number of hydrogen-bond donors (Lipinski definition) is 1. The first-order valence-corrected chi connectivity index (χ1v) is 8.09. The van der Waals surface area contributed by atoms with E-state index < -0.39 is 11.6 Å². The molecule has 0 fully saturated rings. The van der Waals surface area contributed by atoms with Crippen LogP contribution in [0.3, 0.4) is 0 Å². The largest absolute Gasteiger partial charge is 0.490 e. The fraction of sp³-hybridized carbons (Fsp3) is 0.556. The number of benzene rings is 1. The van der Waals surface area contributed by atoms with Crippen molar-refractivity contribution in [3.63, 3.8) is 0 Å². The Hall–Kier alpha value is -2.08. The second-order valence-electron chi connectivity index (χ2n) is 5.94. The highest BCUT2D eigenvalue weighted by atomic mass is 16.5. The predicted molar refractivity (Wildman–Crippen MR) is 92.5 cm³/mol. The molecule has 0 saturated carbocycles. The van der Waals surface area contributed by atoms with Gasteiger partial charge in [0.25, 0.3) is 5.91 Å². The summed E-state index contributed by atoms with van der Waals surface area (Å²) < 4.78 is 16.0. The summed E-state index contributed by atoms with van der Waals surface area (Å²) in [5.74, 6) is -0.361. The highest BCUT2D eigenvalue weighted by Gasteiger charge is 2.27. The number of carbonyl (C=O) groups is 2. The van der Waals surface area contributed by atoms with Gasteiger partial charge in [-0.05, 0) is 52.3 Å². The molecule has 0 aromatic heterocycles. The normalized spacial score (nSPS) is 12.4. The van der Waals surface area contributed by atoms with Crippen LogP contribution in [-0.4, -0.2) is 37.3 Å². The van der Waals surface area contributed by atoms with Gasteiger partial charge in [0.15, 0.2) is 0 Å². The van der Waals surface area contributed by atoms with Gasteiger partial charge in [0.1, 0.15) is 16.9 Å². The van der Waals surface area contributed by atoms with Crippen LogP contribution in [0.1, 0.15) is 51.4 Å². The molecule has 0 aliphatic rings. The molecular weight excluding hydrogens is 310 g/mol. The van der Waals surface area contributed by atoms with Gasteiger partial charge in [-0.2, -0.15) is 0 Å². The molecule has 0 aliphatic heterocycles. The molecule has 134 valence electrons. The van der Waals surface area contributed by atoms with Gasteiger partial charge in [0.05, 0.1) is 12.7 Å². The number of rotatable bonds is 8. The molecule has 0 aliphatic carbocycles. The second kappa shape index (κ2) is 8.68. The predicted octanol–water partition coefficient (Wildman–Crippen LogP) is 3.40. The third kappa shape index (κ3) is 5.23. The number of anilines is 1. The third-order valence-corrected chi connectivity index (χ3v) is 3.69. The Morgan fingerprint density at radius 1 is 1.25 bits per heavy atom. The summed E-state index contributed by atoms with van der Waals surface area (Å²) in [6, 6.07) is 4.90. The van der Waals surface area contributed by atoms with Crippen molar-refractivity contribution in [2.45, 2.75) is 52.7 Å². The van der Waals surface area contributed by atoms with Crippen LogP contribution in [0.2, 0.25) is 0 Å². The van der Waals surface area contributed by atoms with Crippen LogP contribution in [0.5, 0.6) is 5.75 Å². The Kier molecular flexibility index (Phi) is 7.22. The molecule has 0 bridgehead atoms. The Morgan fingerprint density at radius 2 is 1.92 bits per heavy atom. The monoisotopic (exact) mass is 337 g/mol. The van der Waals surface area contributed by atoms with E-state index in [0.717, 1.165) is 6.42 Å². The molecule has 6 nitrogen and oxygen atoms in total. The van der Waals surface area contributed by atoms with Crippen LogP contribution in [0.15, 0.2) is 18.2 Å². The average Bonchev–Trinajstić information content (AvgIpc) is 2.56. The van der Waals surface area contributed by atoms with E-state index in [-0.39, 0.29) is 24.2 Å². The van der Waals surface area contributed by atoms with E-state index in [2.05, 4.69) is 5.32 Å². The van der Waals surface area contributed by atoms with Gasteiger partial charge in [0, 0.05) is 12.8 Å². The van der Waals surface area contributed by atoms with Crippen LogP contribution in [0.4, 0.5) is 5.69 Å². The molecule has 1 aromatic carbocycles. The fourth-order valence-corrected chi connectivity index (χ4v) is 1.75. The molecule has 6 heteroatoms. The molecule has 0 radical (unpaired) electrons. The zero-order valence-corrected chi connectivity index (χ0v) is 15.3. The summed E-state index contributed by atoms with van der Waals surface area (Å²) in [5.41, 5.74) is -0.217. The van der Waals surface area contributed by atoms with Crippen LogP contribution < -0.4 is 10.1 Å². The minimum atomic E-state index is -0.976. The fourth-order valence-electron chi connectivity index (χ4n) is 1.75. The van der Waals surface area contributed by atoms with Gasteiger partial charge in [-0.1, -0.05) is 6.92 Å². The summed E-state index contributed by atoms with van der Waals surface area (Å²) >= 11 is 0. The molecule has 1 atom stereocenters. The Labute approximate surface area is 143 Å². The number of amides is 1. The zero-order valence-electron chi connectivity index (χ0n) is 15.3. The number of esters is 1. The third-order valence-electron chi connectivity index (χ3n) is 3.69. The first-order valence-electron chi connectivity index (χ1n) is 8.09. The van der Waals surface area contributed by atoms with Crippen molar-refractivity contribution in [1.82, 2.24) is 0 Å². The highest BCUT2D eigenvalue weighted by Crippen LogP contribution is 2.26. The summed E-state index contributed by atoms with van der Waals surface area (Å²) in [4.78, 5) is 24.4. The molecule has 1 N–H and O–H groups in total. The van der Waals surface area contributed by atoms with E-state index in [1.54, 1.807) is 39.0 Å². The summed E-state index contributed by atoms with van der Waals surface area (Å²) in [6.45, 7) is 9.24. The van der Waals surface area contributed by atoms with Crippen molar-refractivity contribution in [2.75, 3.05) is 19.0 Å². The SMILES string of the molecule is CCOC(=O)c1cc(NC(=O)C(C)(C)OC)ccc1O[C@@H](C)CC. The lowest BCUT2D eigenvalue weighted by molar-refractivity contribution is -0.133. The number of ether oxygens (including phenoxy) is 3. The van der Waals surface area contributed by atoms with Gasteiger partial charge in [-0.25, -0.2) is 4.79 Å². The molecule has 0 saturated heterocycles. The number of methoxy groups -OCH3 is 1. The Morgan fingerprint density at radius 3 is 2.46 bits per heavy atom. The summed E-state index contributed by atoms with van der Waals surface area (Å²) in [7, 11) is 1.46. The smallest absolute Gasteiger partial charge is 0.341 e. The van der Waals surface area contributed by atoms with E-state index in [9.17, 15) is 9.59 Å². The minimum absolute atomic E-state index is 0.0361. The van der Waals surface area contributed by atoms with E-state index in [1.807, 2.05) is 13.8 Å². The summed E-state index contributed by atoms with van der Waals surface area (Å²) in [5, 5.41) is 2.74. The first-order chi connectivity index (χ1) is 11.2. The maximum atomic E-state index is 12.2. The quantitative estimate of drug-likeness (QED) is 0.736. The zero-order chi connectivity index (χ0) is 18.3. The Bertz CT molecular complexity index is 583. The molecule has 24 heavy (non-hydrogen) atoms. The van der Waals surface area contributed by atoms with Gasteiger partial charge < -0.3 is 19.5 Å². The molecular formula is C18H27NO5. The van der Waals surface area contributed by atoms with Crippen LogP contribution in [-0.2, 0) is 14.3 Å². The van der Waals surface area contributed by atoms with Crippen LogP contribution in [0.25, 0.3) is 0 Å². The van der Waals surface area contributed by atoms with Crippen molar-refractivity contribution in [1.29, 1.82) is 0 Å². The lowest BCUT2D eigenvalue weighted by atomic mass is 10.1. The Balaban J connectivity index is 3.11. The van der Waals surface area contributed by atoms with Crippen molar-refractivity contribution in [3.8, 4) is 5.75 Å². The standard InChI is InChI=1S/C18H27NO5/c1-7-12(3)24-15-10-9-13(11-14(15)16(20)23-8-2)19-17(21)18(4,5)22-6/h9-12H,7-8H2,1-6H3,(H,19,21)/t12-/m0/s1.